The van der Waals surface area contributed by atoms with Crippen molar-refractivity contribution in [3.05, 3.63) is 23.8 Å². The van der Waals surface area contributed by atoms with Crippen molar-refractivity contribution in [2.45, 2.75) is 38.4 Å². The van der Waals surface area contributed by atoms with E-state index >= 15 is 0 Å². The Labute approximate surface area is 96.0 Å². The number of aliphatic hydroxyl groups is 1. The quantitative estimate of drug-likeness (QED) is 0.851. The van der Waals surface area contributed by atoms with Crippen molar-refractivity contribution in [2.75, 3.05) is 7.11 Å². The van der Waals surface area contributed by atoms with E-state index in [4.69, 9.17) is 9.47 Å². The highest BCUT2D eigenvalue weighted by Crippen LogP contribution is 2.34. The van der Waals surface area contributed by atoms with Crippen molar-refractivity contribution in [1.29, 1.82) is 0 Å². The molecule has 88 valence electrons. The fourth-order valence-electron chi connectivity index (χ4n) is 1.71. The summed E-state index contributed by atoms with van der Waals surface area (Å²) in [7, 11) is 1.63. The average molecular weight is 222 g/mol. The number of rotatable bonds is 4. The van der Waals surface area contributed by atoms with Gasteiger partial charge >= 0.3 is 0 Å². The summed E-state index contributed by atoms with van der Waals surface area (Å²) < 4.78 is 11.1. The monoisotopic (exact) mass is 222 g/mol. The Morgan fingerprint density at radius 2 is 2.06 bits per heavy atom. The minimum absolute atomic E-state index is 0.318. The van der Waals surface area contributed by atoms with Crippen LogP contribution in [0.3, 0.4) is 0 Å². The fourth-order valence-corrected chi connectivity index (χ4v) is 1.71. The first-order valence-corrected chi connectivity index (χ1v) is 5.73. The predicted molar refractivity (Wildman–Crippen MR) is 61.9 cm³/mol. The van der Waals surface area contributed by atoms with Crippen LogP contribution in [0.15, 0.2) is 18.2 Å². The van der Waals surface area contributed by atoms with Crippen molar-refractivity contribution in [3.8, 4) is 11.5 Å². The van der Waals surface area contributed by atoms with Crippen LogP contribution in [0.5, 0.6) is 11.5 Å². The van der Waals surface area contributed by atoms with Gasteiger partial charge in [-0.15, -0.1) is 0 Å². The molecule has 1 aromatic carbocycles. The molecule has 16 heavy (non-hydrogen) atoms. The van der Waals surface area contributed by atoms with Crippen LogP contribution in [0, 0.1) is 0 Å². The second-order valence-electron chi connectivity index (χ2n) is 4.26. The summed E-state index contributed by atoms with van der Waals surface area (Å²) in [5, 5.41) is 9.52. The summed E-state index contributed by atoms with van der Waals surface area (Å²) in [4.78, 5) is 0. The van der Waals surface area contributed by atoms with E-state index in [-0.39, 0.29) is 0 Å². The Bertz CT molecular complexity index is 356. The lowest BCUT2D eigenvalue weighted by molar-refractivity contribution is 0.115. The van der Waals surface area contributed by atoms with Gasteiger partial charge in [0.2, 0.25) is 0 Å². The highest BCUT2D eigenvalue weighted by atomic mass is 16.5. The van der Waals surface area contributed by atoms with Crippen LogP contribution in [-0.2, 0) is 0 Å². The van der Waals surface area contributed by atoms with Gasteiger partial charge < -0.3 is 14.6 Å². The molecule has 1 unspecified atom stereocenters. The summed E-state index contributed by atoms with van der Waals surface area (Å²) in [5.74, 6) is 1.47. The lowest BCUT2D eigenvalue weighted by atomic mass is 9.96. The second-order valence-corrected chi connectivity index (χ2v) is 4.26. The van der Waals surface area contributed by atoms with Gasteiger partial charge in [-0.2, -0.15) is 0 Å². The molecule has 1 fully saturated rings. The van der Waals surface area contributed by atoms with Crippen LogP contribution in [-0.4, -0.2) is 18.3 Å². The maximum absolute atomic E-state index is 9.52. The average Bonchev–Trinajstić information content (AvgIpc) is 2.23. The van der Waals surface area contributed by atoms with Gasteiger partial charge in [-0.05, 0) is 43.9 Å². The summed E-state index contributed by atoms with van der Waals surface area (Å²) in [6, 6.07) is 5.56. The zero-order valence-corrected chi connectivity index (χ0v) is 9.77. The van der Waals surface area contributed by atoms with Crippen molar-refractivity contribution in [3.63, 3.8) is 0 Å². The van der Waals surface area contributed by atoms with Crippen molar-refractivity contribution < 1.29 is 14.6 Å². The standard InChI is InChI=1S/C13H18O3/c1-9(14)10-6-7-12(15-2)13(8-10)16-11-4-3-5-11/h6-9,11,14H,3-5H2,1-2H3. The molecule has 1 atom stereocenters. The number of benzene rings is 1. The van der Waals surface area contributed by atoms with Crippen LogP contribution < -0.4 is 9.47 Å². The van der Waals surface area contributed by atoms with E-state index in [0.717, 1.165) is 29.9 Å². The normalized spacial score (nSPS) is 17.7. The molecule has 0 heterocycles. The molecule has 0 aliphatic heterocycles. The van der Waals surface area contributed by atoms with Crippen LogP contribution in [0.25, 0.3) is 0 Å². The topological polar surface area (TPSA) is 38.7 Å². The third-order valence-corrected chi connectivity index (χ3v) is 3.02. The first kappa shape index (κ1) is 11.3. The third-order valence-electron chi connectivity index (χ3n) is 3.02. The van der Waals surface area contributed by atoms with E-state index in [9.17, 15) is 5.11 Å². The molecule has 3 heteroatoms. The van der Waals surface area contributed by atoms with Crippen LogP contribution in [0.1, 0.15) is 37.9 Å². The lowest BCUT2D eigenvalue weighted by Crippen LogP contribution is -2.24. The van der Waals surface area contributed by atoms with Crippen molar-refractivity contribution >= 4 is 0 Å². The molecule has 2 rings (SSSR count). The summed E-state index contributed by atoms with van der Waals surface area (Å²) in [6.45, 7) is 1.74. The lowest BCUT2D eigenvalue weighted by Gasteiger charge is -2.27. The zero-order valence-electron chi connectivity index (χ0n) is 9.77. The number of hydrogen-bond donors (Lipinski definition) is 1. The highest BCUT2D eigenvalue weighted by Gasteiger charge is 2.21. The van der Waals surface area contributed by atoms with Crippen molar-refractivity contribution in [2.24, 2.45) is 0 Å². The smallest absolute Gasteiger partial charge is 0.161 e. The van der Waals surface area contributed by atoms with Gasteiger partial charge in [0.05, 0.1) is 19.3 Å². The summed E-state index contributed by atoms with van der Waals surface area (Å²) >= 11 is 0. The van der Waals surface area contributed by atoms with Gasteiger partial charge in [0.25, 0.3) is 0 Å². The summed E-state index contributed by atoms with van der Waals surface area (Å²) in [5.41, 5.74) is 0.857. The van der Waals surface area contributed by atoms with Gasteiger partial charge in [-0.1, -0.05) is 6.07 Å². The summed E-state index contributed by atoms with van der Waals surface area (Å²) in [6.07, 6.45) is 3.31. The maximum Gasteiger partial charge on any atom is 0.161 e. The molecule has 1 aromatic rings. The van der Waals surface area contributed by atoms with E-state index in [1.165, 1.54) is 6.42 Å². The molecule has 0 aromatic heterocycles. The maximum atomic E-state index is 9.52. The van der Waals surface area contributed by atoms with Gasteiger partial charge in [-0.3, -0.25) is 0 Å². The van der Waals surface area contributed by atoms with Crippen LogP contribution in [0.4, 0.5) is 0 Å². The Morgan fingerprint density at radius 1 is 1.31 bits per heavy atom. The molecule has 3 nitrogen and oxygen atoms in total. The van der Waals surface area contributed by atoms with E-state index in [1.807, 2.05) is 18.2 Å². The van der Waals surface area contributed by atoms with Crippen LogP contribution in [0.2, 0.25) is 0 Å². The highest BCUT2D eigenvalue weighted by molar-refractivity contribution is 5.43. The zero-order chi connectivity index (χ0) is 11.5. The fraction of sp³-hybridized carbons (Fsp3) is 0.538. The Kier molecular flexibility index (Phi) is 3.34. The van der Waals surface area contributed by atoms with Gasteiger partial charge in [-0.25, -0.2) is 0 Å². The van der Waals surface area contributed by atoms with Crippen molar-refractivity contribution in [1.82, 2.24) is 0 Å². The Balaban J connectivity index is 2.20. The first-order chi connectivity index (χ1) is 7.70. The molecule has 0 amide bonds. The third kappa shape index (κ3) is 2.30. The molecule has 1 saturated carbocycles. The molecule has 0 spiro atoms. The molecule has 1 N–H and O–H groups in total. The Morgan fingerprint density at radius 3 is 2.56 bits per heavy atom. The van der Waals surface area contributed by atoms with E-state index < -0.39 is 6.10 Å². The molecule has 1 aliphatic rings. The number of methoxy groups -OCH3 is 1. The second kappa shape index (κ2) is 4.74. The van der Waals surface area contributed by atoms with E-state index in [0.29, 0.717) is 6.10 Å². The molecular formula is C13H18O3. The van der Waals surface area contributed by atoms with Gasteiger partial charge in [0.15, 0.2) is 11.5 Å². The predicted octanol–water partition coefficient (Wildman–Crippen LogP) is 2.68. The van der Waals surface area contributed by atoms with Gasteiger partial charge in [0, 0.05) is 0 Å². The molecule has 0 saturated heterocycles. The van der Waals surface area contributed by atoms with E-state index in [2.05, 4.69) is 0 Å². The minimum atomic E-state index is -0.477. The molecule has 0 radical (unpaired) electrons. The molecule has 1 aliphatic carbocycles. The Hall–Kier alpha value is -1.22. The number of ether oxygens (including phenoxy) is 2. The van der Waals surface area contributed by atoms with E-state index in [1.54, 1.807) is 14.0 Å². The molecular weight excluding hydrogens is 204 g/mol. The largest absolute Gasteiger partial charge is 0.493 e. The van der Waals surface area contributed by atoms with Gasteiger partial charge in [0.1, 0.15) is 0 Å². The first-order valence-electron chi connectivity index (χ1n) is 5.73. The number of aliphatic hydroxyl groups excluding tert-OH is 1. The number of hydrogen-bond acceptors (Lipinski definition) is 3. The SMILES string of the molecule is COc1ccc(C(C)O)cc1OC1CCC1. The minimum Gasteiger partial charge on any atom is -0.493 e. The van der Waals surface area contributed by atoms with Crippen LogP contribution >= 0.6 is 0 Å². The molecule has 0 bridgehead atoms.